The average Bonchev–Trinajstić information content (AvgIpc) is 3.22. The number of nitrogens with zero attached hydrogens (tertiary/aromatic N) is 6. The van der Waals surface area contributed by atoms with Crippen LogP contribution in [0.25, 0.3) is 10.4 Å². The summed E-state index contributed by atoms with van der Waals surface area (Å²) in [6, 6.07) is 19.4. The molecule has 3 aromatic rings. The van der Waals surface area contributed by atoms with Crippen molar-refractivity contribution in [1.29, 1.82) is 0 Å². The highest BCUT2D eigenvalue weighted by atomic mass is 35.5. The van der Waals surface area contributed by atoms with Crippen molar-refractivity contribution in [2.75, 3.05) is 78.5 Å². The lowest BCUT2D eigenvalue weighted by atomic mass is 9.68. The van der Waals surface area contributed by atoms with Gasteiger partial charge in [0.25, 0.3) is 0 Å². The smallest absolute Gasteiger partial charge is 0.409 e. The lowest BCUT2D eigenvalue weighted by Crippen LogP contribution is -2.63. The maximum atomic E-state index is 14.8. The Bertz CT molecular complexity index is 2960. The fourth-order valence-corrected chi connectivity index (χ4v) is 12.5. The number of hydrogen-bond donors (Lipinski definition) is 2. The minimum absolute atomic E-state index is 0.0281. The number of epoxide rings is 1. The fourth-order valence-electron chi connectivity index (χ4n) is 11.4. The average molecular weight is 1210 g/mol. The summed E-state index contributed by atoms with van der Waals surface area (Å²) in [7, 11) is 5.90. The Balaban J connectivity index is 1.00. The summed E-state index contributed by atoms with van der Waals surface area (Å²) in [6.07, 6.45) is 4.69. The maximum Gasteiger partial charge on any atom is 0.409 e. The number of fused-ring (bicyclic) bond motifs is 5. The van der Waals surface area contributed by atoms with Gasteiger partial charge in [-0.3, -0.25) is 24.5 Å². The van der Waals surface area contributed by atoms with Crippen molar-refractivity contribution in [3.63, 3.8) is 0 Å². The van der Waals surface area contributed by atoms with Gasteiger partial charge in [-0.2, -0.15) is 0 Å². The first kappa shape index (κ1) is 66.0. The van der Waals surface area contributed by atoms with Crippen molar-refractivity contribution >= 4 is 63.9 Å². The van der Waals surface area contributed by atoms with Gasteiger partial charge in [0.05, 0.1) is 57.2 Å². The van der Waals surface area contributed by atoms with Crippen LogP contribution in [0.3, 0.4) is 0 Å². The first-order chi connectivity index (χ1) is 40.7. The molecule has 3 fully saturated rings. The third-order valence-electron chi connectivity index (χ3n) is 16.6. The van der Waals surface area contributed by atoms with Gasteiger partial charge < -0.3 is 53.0 Å². The molecule has 0 spiro atoms. The van der Waals surface area contributed by atoms with Gasteiger partial charge in [-0.15, -0.1) is 0 Å². The molecule has 4 amide bonds. The van der Waals surface area contributed by atoms with Gasteiger partial charge in [0, 0.05) is 75.8 Å². The molecule has 7 rings (SSSR count). The van der Waals surface area contributed by atoms with E-state index in [2.05, 4.69) is 15.3 Å². The van der Waals surface area contributed by atoms with E-state index in [0.29, 0.717) is 43.2 Å². The van der Waals surface area contributed by atoms with E-state index in [4.69, 9.17) is 50.3 Å². The molecule has 460 valence electrons. The van der Waals surface area contributed by atoms with Gasteiger partial charge in [-0.05, 0) is 74.4 Å². The number of carbonyl (C=O) groups is 6. The lowest BCUT2D eigenvalue weighted by Gasteiger charge is -2.42. The minimum atomic E-state index is -1.89. The van der Waals surface area contributed by atoms with E-state index in [0.717, 1.165) is 66.1 Å². The van der Waals surface area contributed by atoms with Crippen LogP contribution in [0.15, 0.2) is 95.6 Å². The van der Waals surface area contributed by atoms with E-state index in [1.54, 1.807) is 57.3 Å². The number of allylic oxidation sites excluding steroid dienone is 3. The number of nitrogens with one attached hydrogen (secondary N) is 1. The molecule has 4 bridgehead atoms. The zero-order valence-corrected chi connectivity index (χ0v) is 51.4. The number of likely N-dealkylation sites (N-methyl/N-ethyl adjacent to an activating group) is 1. The normalized spacial score (nSPS) is 25.3. The van der Waals surface area contributed by atoms with Crippen LogP contribution < -0.4 is 15.0 Å². The number of halogens is 1. The molecule has 3 heterocycles. The van der Waals surface area contributed by atoms with Crippen LogP contribution in [-0.2, 0) is 66.0 Å². The molecule has 0 aromatic heterocycles. The number of aliphatic hydroxyl groups is 1. The molecule has 23 heteroatoms. The van der Waals surface area contributed by atoms with Gasteiger partial charge >= 0.3 is 12.1 Å². The van der Waals surface area contributed by atoms with E-state index < -0.39 is 77.0 Å². The Morgan fingerprint density at radius 3 is 2.40 bits per heavy atom. The van der Waals surface area contributed by atoms with Crippen molar-refractivity contribution in [2.45, 2.75) is 139 Å². The van der Waals surface area contributed by atoms with Crippen molar-refractivity contribution in [3.8, 4) is 5.75 Å². The third kappa shape index (κ3) is 16.5. The Kier molecular flexibility index (Phi) is 23.5. The quantitative estimate of drug-likeness (QED) is 0.0237. The molecule has 0 radical (unpaired) electrons. The van der Waals surface area contributed by atoms with E-state index in [9.17, 15) is 33.9 Å². The zero-order valence-electron chi connectivity index (χ0n) is 49.8. The Hall–Kier alpha value is -6.49. The van der Waals surface area contributed by atoms with Crippen LogP contribution in [0.5, 0.6) is 5.75 Å². The molecule has 3 aromatic carbocycles. The highest BCUT2D eigenvalue weighted by Crippen LogP contribution is 2.49. The number of amides is 4. The number of rotatable bonds is 22. The highest BCUT2D eigenvalue weighted by molar-refractivity contribution is 8.14. The van der Waals surface area contributed by atoms with E-state index in [1.807, 2.05) is 60.4 Å². The van der Waals surface area contributed by atoms with Crippen LogP contribution in [0.2, 0.25) is 5.02 Å². The predicted octanol–water partition coefficient (Wildman–Crippen LogP) is 9.05. The summed E-state index contributed by atoms with van der Waals surface area (Å²) >= 11 is 7.82. The Morgan fingerprint density at radius 2 is 1.72 bits per heavy atom. The topological polar surface area (TPSA) is 261 Å². The second-order valence-corrected chi connectivity index (χ2v) is 23.8. The SMILES string of the molecule is COc1cc2cc(c1Cl)N(C)C(=O)C[C@@H](OC(=O)[C@@H](C)N(C)C(=O)CCSC(=O)c1ccc(CN(CCOCCOCCN=[N+]=[N-])C(=O)C3(c4ccccc4)CCCCC3)cc1)[C@@]1(C)O[C@@H]1[C@@H](C)[C@H]1C[C@](O)(NC(=O)O1)[C@@H](OC)/C=C/C=C(\C)C2. The van der Waals surface area contributed by atoms with E-state index >= 15 is 0 Å². The first-order valence-electron chi connectivity index (χ1n) is 28.8. The summed E-state index contributed by atoms with van der Waals surface area (Å²) in [5.41, 5.74) is 8.86. The number of benzene rings is 3. The zero-order chi connectivity index (χ0) is 61.5. The summed E-state index contributed by atoms with van der Waals surface area (Å²) in [6.45, 7) is 8.88. The van der Waals surface area contributed by atoms with Gasteiger partial charge in [-0.25, -0.2) is 9.59 Å². The van der Waals surface area contributed by atoms with Crippen molar-refractivity contribution in [2.24, 2.45) is 11.0 Å². The number of methoxy groups -OCH3 is 2. The Morgan fingerprint density at radius 1 is 1.01 bits per heavy atom. The molecule has 85 heavy (non-hydrogen) atoms. The summed E-state index contributed by atoms with van der Waals surface area (Å²) in [4.78, 5) is 91.1. The van der Waals surface area contributed by atoms with Crippen molar-refractivity contribution < 1.29 is 67.0 Å². The van der Waals surface area contributed by atoms with E-state index in [1.165, 1.54) is 38.0 Å². The molecule has 21 nitrogen and oxygen atoms in total. The molecule has 4 aliphatic rings. The molecule has 1 saturated carbocycles. The number of hydrogen-bond acceptors (Lipinski definition) is 16. The lowest BCUT2D eigenvalue weighted by molar-refractivity contribution is -0.162. The minimum Gasteiger partial charge on any atom is -0.495 e. The highest BCUT2D eigenvalue weighted by Gasteiger charge is 2.64. The van der Waals surface area contributed by atoms with Crippen LogP contribution in [0.4, 0.5) is 10.5 Å². The molecule has 3 aliphatic heterocycles. The molecular weight excluding hydrogens is 1130 g/mol. The van der Waals surface area contributed by atoms with E-state index in [-0.39, 0.29) is 67.4 Å². The van der Waals surface area contributed by atoms with Crippen LogP contribution in [0, 0.1) is 5.92 Å². The standard InChI is InChI=1S/C62H80ClN7O14S/c1-40-16-15-19-50(79-8)62(77)38-49(82-59(76)66-62)41(2)55-60(4,84-55)51(37-53(72)69(6)47-35-44(34-40)36-48(78-7)54(47)63)83-56(73)42(3)68(5)52(71)24-33-85-57(74)45-22-20-43(21-23-45)39-70(28-30-81-32-31-80-29-27-65-67-64)58(75)61(25-13-10-14-26-61)46-17-11-9-12-18-46/h9,11-12,15-23,35-36,41-42,49-51,55,77H,10,13-14,24-34,37-39H2,1-8H3,(H,66,76)/b19-15+,40-16+/t41-,42+,49+,50-,51+,55+,60+,62+/m0/s1. The van der Waals surface area contributed by atoms with Gasteiger partial charge in [0.15, 0.2) is 5.72 Å². The molecule has 8 atom stereocenters. The van der Waals surface area contributed by atoms with Gasteiger partial charge in [0.1, 0.15) is 40.7 Å². The first-order valence-corrected chi connectivity index (χ1v) is 30.2. The number of alkyl carbamates (subject to hydrolysis) is 1. The number of azide groups is 1. The molecule has 2 N–H and O–H groups in total. The van der Waals surface area contributed by atoms with Crippen molar-refractivity contribution in [3.05, 3.63) is 128 Å². The number of carbonyl (C=O) groups excluding carboxylic acids is 6. The molecule has 1 aliphatic carbocycles. The number of thioether (sulfide) groups is 1. The molecule has 0 unspecified atom stereocenters. The molecule has 2 saturated heterocycles. The fraction of sp³-hybridized carbons (Fsp3) is 0.548. The summed E-state index contributed by atoms with van der Waals surface area (Å²) in [5.74, 6) is -1.89. The summed E-state index contributed by atoms with van der Waals surface area (Å²) in [5, 5.41) is 17.8. The molecular formula is C62H80ClN7O14S. The van der Waals surface area contributed by atoms with Crippen LogP contribution in [0.1, 0.15) is 106 Å². The van der Waals surface area contributed by atoms with Crippen LogP contribution in [-0.4, -0.2) is 165 Å². The number of anilines is 1. The number of esters is 1. The second kappa shape index (κ2) is 30.2. The third-order valence-corrected chi connectivity index (χ3v) is 17.9. The monoisotopic (exact) mass is 1210 g/mol. The second-order valence-electron chi connectivity index (χ2n) is 22.4. The van der Waals surface area contributed by atoms with Gasteiger partial charge in [0.2, 0.25) is 22.8 Å². The van der Waals surface area contributed by atoms with Crippen molar-refractivity contribution in [1.82, 2.24) is 15.1 Å². The maximum absolute atomic E-state index is 14.8. The largest absolute Gasteiger partial charge is 0.495 e. The predicted molar refractivity (Wildman–Crippen MR) is 321 cm³/mol. The van der Waals surface area contributed by atoms with Crippen LogP contribution >= 0.6 is 23.4 Å². The van der Waals surface area contributed by atoms with Gasteiger partial charge in [-0.1, -0.05) is 133 Å². The summed E-state index contributed by atoms with van der Waals surface area (Å²) < 4.78 is 41.0. The number of ether oxygens (including phenoxy) is 7. The Labute approximate surface area is 506 Å².